The zero-order valence-electron chi connectivity index (χ0n) is 17.1. The first-order valence-electron chi connectivity index (χ1n) is 9.83. The molecule has 0 aliphatic carbocycles. The topological polar surface area (TPSA) is 76.7 Å². The fraction of sp³-hybridized carbons (Fsp3) is 0.619. The van der Waals surface area contributed by atoms with Gasteiger partial charge in [0.15, 0.2) is 11.5 Å². The van der Waals surface area contributed by atoms with Gasteiger partial charge < -0.3 is 20.1 Å². The van der Waals surface area contributed by atoms with Gasteiger partial charge in [0.2, 0.25) is 11.8 Å². The van der Waals surface area contributed by atoms with Gasteiger partial charge in [-0.1, -0.05) is 39.2 Å². The van der Waals surface area contributed by atoms with Crippen molar-refractivity contribution in [1.82, 2.24) is 10.6 Å². The molecule has 1 rings (SSSR count). The van der Waals surface area contributed by atoms with Crippen molar-refractivity contribution in [2.75, 3.05) is 20.8 Å². The molecule has 6 nitrogen and oxygen atoms in total. The zero-order chi connectivity index (χ0) is 20.1. The maximum absolute atomic E-state index is 12.4. The Balaban J connectivity index is 2.50. The Morgan fingerprint density at radius 1 is 1.04 bits per heavy atom. The highest BCUT2D eigenvalue weighted by molar-refractivity contribution is 5.87. The van der Waals surface area contributed by atoms with Crippen LogP contribution < -0.4 is 20.1 Å². The number of hydrogen-bond acceptors (Lipinski definition) is 4. The van der Waals surface area contributed by atoms with Crippen molar-refractivity contribution < 1.29 is 19.1 Å². The predicted octanol–water partition coefficient (Wildman–Crippen LogP) is 3.23. The van der Waals surface area contributed by atoms with E-state index in [-0.39, 0.29) is 11.8 Å². The van der Waals surface area contributed by atoms with E-state index in [1.807, 2.05) is 25.1 Å². The van der Waals surface area contributed by atoms with Crippen LogP contribution in [0.2, 0.25) is 0 Å². The summed E-state index contributed by atoms with van der Waals surface area (Å²) in [4.78, 5) is 24.5. The lowest BCUT2D eigenvalue weighted by Gasteiger charge is -2.18. The van der Waals surface area contributed by atoms with E-state index in [1.165, 1.54) is 0 Å². The number of carbonyl (C=O) groups is 2. The van der Waals surface area contributed by atoms with Gasteiger partial charge in [-0.3, -0.25) is 9.59 Å². The van der Waals surface area contributed by atoms with Gasteiger partial charge in [0, 0.05) is 13.0 Å². The maximum atomic E-state index is 12.4. The standard InChI is InChI=1S/C21H34N2O4/c1-5-7-8-10-20(24)23-17(9-6-2)21(25)22-14-13-16-11-12-18(26-3)19(15-16)27-4/h11-12,15,17H,5-10,13-14H2,1-4H3,(H,22,25)(H,23,24). The molecule has 27 heavy (non-hydrogen) atoms. The minimum atomic E-state index is -0.463. The molecule has 2 amide bonds. The summed E-state index contributed by atoms with van der Waals surface area (Å²) in [5.74, 6) is 1.18. The third kappa shape index (κ3) is 8.33. The van der Waals surface area contributed by atoms with Gasteiger partial charge in [0.05, 0.1) is 14.2 Å². The van der Waals surface area contributed by atoms with E-state index in [0.717, 1.165) is 31.2 Å². The van der Waals surface area contributed by atoms with Gasteiger partial charge in [-0.15, -0.1) is 0 Å². The summed E-state index contributed by atoms with van der Waals surface area (Å²) in [6.07, 6.45) is 5.60. The SMILES string of the molecule is CCCCCC(=O)NC(CCC)C(=O)NCCc1ccc(OC)c(OC)c1. The summed E-state index contributed by atoms with van der Waals surface area (Å²) in [6, 6.07) is 5.25. The molecule has 1 aromatic rings. The van der Waals surface area contributed by atoms with Gasteiger partial charge in [-0.25, -0.2) is 0 Å². The van der Waals surface area contributed by atoms with Crippen molar-refractivity contribution in [2.45, 2.75) is 64.8 Å². The van der Waals surface area contributed by atoms with Crippen LogP contribution in [-0.4, -0.2) is 38.6 Å². The Kier molecular flexibility index (Phi) is 11.0. The lowest BCUT2D eigenvalue weighted by atomic mass is 10.1. The van der Waals surface area contributed by atoms with Crippen molar-refractivity contribution in [2.24, 2.45) is 0 Å². The lowest BCUT2D eigenvalue weighted by Crippen LogP contribution is -2.47. The maximum Gasteiger partial charge on any atom is 0.242 e. The summed E-state index contributed by atoms with van der Waals surface area (Å²) >= 11 is 0. The normalized spacial score (nSPS) is 11.6. The van der Waals surface area contributed by atoms with Crippen molar-refractivity contribution in [3.05, 3.63) is 23.8 Å². The Hall–Kier alpha value is -2.24. The average Bonchev–Trinajstić information content (AvgIpc) is 2.67. The Bertz CT molecular complexity index is 590. The largest absolute Gasteiger partial charge is 0.493 e. The third-order valence-corrected chi connectivity index (χ3v) is 4.40. The second-order valence-electron chi connectivity index (χ2n) is 6.60. The number of ether oxygens (including phenoxy) is 2. The van der Waals surface area contributed by atoms with Crippen LogP contribution in [-0.2, 0) is 16.0 Å². The number of benzene rings is 1. The second kappa shape index (κ2) is 13.0. The van der Waals surface area contributed by atoms with Crippen LogP contribution in [0.25, 0.3) is 0 Å². The molecule has 0 aliphatic heterocycles. The fourth-order valence-corrected chi connectivity index (χ4v) is 2.85. The average molecular weight is 379 g/mol. The molecule has 0 spiro atoms. The highest BCUT2D eigenvalue weighted by Crippen LogP contribution is 2.27. The van der Waals surface area contributed by atoms with E-state index >= 15 is 0 Å². The third-order valence-electron chi connectivity index (χ3n) is 4.40. The van der Waals surface area contributed by atoms with E-state index < -0.39 is 6.04 Å². The molecule has 1 atom stereocenters. The summed E-state index contributed by atoms with van der Waals surface area (Å²) in [5, 5.41) is 5.80. The van der Waals surface area contributed by atoms with E-state index in [9.17, 15) is 9.59 Å². The van der Waals surface area contributed by atoms with Crippen LogP contribution in [0.4, 0.5) is 0 Å². The fourth-order valence-electron chi connectivity index (χ4n) is 2.85. The molecule has 0 heterocycles. The quantitative estimate of drug-likeness (QED) is 0.517. The van der Waals surface area contributed by atoms with Gasteiger partial charge >= 0.3 is 0 Å². The molecular formula is C21H34N2O4. The minimum absolute atomic E-state index is 0.0445. The number of carbonyl (C=O) groups excluding carboxylic acids is 2. The number of methoxy groups -OCH3 is 2. The Labute approximate surface area is 163 Å². The first-order chi connectivity index (χ1) is 13.0. The molecule has 1 unspecified atom stereocenters. The molecule has 2 N–H and O–H groups in total. The smallest absolute Gasteiger partial charge is 0.242 e. The van der Waals surface area contributed by atoms with Crippen molar-refractivity contribution >= 4 is 11.8 Å². The van der Waals surface area contributed by atoms with Gasteiger partial charge in [0.1, 0.15) is 6.04 Å². The van der Waals surface area contributed by atoms with E-state index in [1.54, 1.807) is 14.2 Å². The zero-order valence-corrected chi connectivity index (χ0v) is 17.1. The second-order valence-corrected chi connectivity index (χ2v) is 6.60. The van der Waals surface area contributed by atoms with Crippen molar-refractivity contribution in [3.63, 3.8) is 0 Å². The highest BCUT2D eigenvalue weighted by Gasteiger charge is 2.19. The first-order valence-corrected chi connectivity index (χ1v) is 9.83. The first kappa shape index (κ1) is 22.8. The summed E-state index contributed by atoms with van der Waals surface area (Å²) in [7, 11) is 3.20. The summed E-state index contributed by atoms with van der Waals surface area (Å²) in [5.41, 5.74) is 1.04. The van der Waals surface area contributed by atoms with Crippen LogP contribution in [0.1, 0.15) is 57.9 Å². The lowest BCUT2D eigenvalue weighted by molar-refractivity contribution is -0.129. The molecule has 0 bridgehead atoms. The molecule has 0 fully saturated rings. The van der Waals surface area contributed by atoms with Gasteiger partial charge in [-0.2, -0.15) is 0 Å². The molecule has 152 valence electrons. The minimum Gasteiger partial charge on any atom is -0.493 e. The Morgan fingerprint density at radius 2 is 1.78 bits per heavy atom. The number of hydrogen-bond donors (Lipinski definition) is 2. The van der Waals surface area contributed by atoms with E-state index in [0.29, 0.717) is 37.3 Å². The van der Waals surface area contributed by atoms with Gasteiger partial charge in [-0.05, 0) is 37.0 Å². The summed E-state index contributed by atoms with van der Waals surface area (Å²) in [6.45, 7) is 4.61. The number of unbranched alkanes of at least 4 members (excludes halogenated alkanes) is 2. The molecule has 0 aromatic heterocycles. The van der Waals surface area contributed by atoms with Crippen molar-refractivity contribution in [3.8, 4) is 11.5 Å². The van der Waals surface area contributed by atoms with Gasteiger partial charge in [0.25, 0.3) is 0 Å². The highest BCUT2D eigenvalue weighted by atomic mass is 16.5. The van der Waals surface area contributed by atoms with Crippen LogP contribution in [0.3, 0.4) is 0 Å². The van der Waals surface area contributed by atoms with Crippen molar-refractivity contribution in [1.29, 1.82) is 0 Å². The monoisotopic (exact) mass is 378 g/mol. The Morgan fingerprint density at radius 3 is 2.41 bits per heavy atom. The number of amides is 2. The molecule has 0 saturated heterocycles. The van der Waals surface area contributed by atoms with Crippen LogP contribution in [0.15, 0.2) is 18.2 Å². The van der Waals surface area contributed by atoms with Crippen LogP contribution in [0, 0.1) is 0 Å². The molecule has 6 heteroatoms. The van der Waals surface area contributed by atoms with E-state index in [4.69, 9.17) is 9.47 Å². The predicted molar refractivity (Wildman–Crippen MR) is 107 cm³/mol. The molecule has 0 radical (unpaired) electrons. The molecule has 0 aliphatic rings. The number of rotatable bonds is 13. The van der Waals surface area contributed by atoms with Crippen LogP contribution in [0.5, 0.6) is 11.5 Å². The molecule has 0 saturated carbocycles. The number of nitrogens with one attached hydrogen (secondary N) is 2. The molecule has 1 aromatic carbocycles. The van der Waals surface area contributed by atoms with Crippen LogP contribution >= 0.6 is 0 Å². The molecular weight excluding hydrogens is 344 g/mol. The van der Waals surface area contributed by atoms with E-state index in [2.05, 4.69) is 17.6 Å². The summed E-state index contributed by atoms with van der Waals surface area (Å²) < 4.78 is 10.5.